The zero-order valence-corrected chi connectivity index (χ0v) is 14.0. The number of aryl methyl sites for hydroxylation is 1. The molecule has 2 N–H and O–H groups in total. The van der Waals surface area contributed by atoms with Crippen LogP contribution in [0.2, 0.25) is 0 Å². The van der Waals surface area contributed by atoms with Gasteiger partial charge in [0.15, 0.2) is 0 Å². The number of nitrogens with zero attached hydrogens (tertiary/aromatic N) is 1. The molecule has 0 fully saturated rings. The number of hydrogen-bond acceptors (Lipinski definition) is 4. The van der Waals surface area contributed by atoms with Gasteiger partial charge in [0.2, 0.25) is 15.9 Å². The second-order valence-electron chi connectivity index (χ2n) is 5.76. The van der Waals surface area contributed by atoms with Crippen LogP contribution in [0.25, 0.3) is 0 Å². The lowest BCUT2D eigenvalue weighted by atomic mass is 10.1. The van der Waals surface area contributed by atoms with E-state index in [9.17, 15) is 13.2 Å². The van der Waals surface area contributed by atoms with E-state index in [0.717, 1.165) is 30.4 Å². The van der Waals surface area contributed by atoms with Crippen molar-refractivity contribution in [2.24, 2.45) is 0 Å². The van der Waals surface area contributed by atoms with Crippen LogP contribution in [0.3, 0.4) is 0 Å². The molecular formula is C17H19N3O3S. The highest BCUT2D eigenvalue weighted by Crippen LogP contribution is 2.25. The molecule has 126 valence electrons. The van der Waals surface area contributed by atoms with Crippen molar-refractivity contribution >= 4 is 21.6 Å². The van der Waals surface area contributed by atoms with Gasteiger partial charge >= 0.3 is 0 Å². The first-order chi connectivity index (χ1) is 11.5. The van der Waals surface area contributed by atoms with Crippen LogP contribution in [-0.4, -0.2) is 25.9 Å². The van der Waals surface area contributed by atoms with E-state index in [4.69, 9.17) is 0 Å². The van der Waals surface area contributed by atoms with Gasteiger partial charge in [-0.15, -0.1) is 0 Å². The van der Waals surface area contributed by atoms with Gasteiger partial charge in [0, 0.05) is 24.6 Å². The van der Waals surface area contributed by atoms with Crippen LogP contribution in [0.1, 0.15) is 24.0 Å². The van der Waals surface area contributed by atoms with Gasteiger partial charge in [-0.1, -0.05) is 6.07 Å². The highest BCUT2D eigenvalue weighted by molar-refractivity contribution is 7.89. The number of carbonyl (C=O) groups excluding carboxylic acids is 1. The fraction of sp³-hybridized carbons (Fsp3) is 0.294. The van der Waals surface area contributed by atoms with Gasteiger partial charge < -0.3 is 5.32 Å². The number of amides is 1. The van der Waals surface area contributed by atoms with Gasteiger partial charge in [-0.25, -0.2) is 13.1 Å². The van der Waals surface area contributed by atoms with Gasteiger partial charge in [0.1, 0.15) is 0 Å². The van der Waals surface area contributed by atoms with Gasteiger partial charge in [-0.2, -0.15) is 0 Å². The number of rotatable bonds is 7. The van der Waals surface area contributed by atoms with Crippen molar-refractivity contribution in [1.29, 1.82) is 0 Å². The van der Waals surface area contributed by atoms with Crippen molar-refractivity contribution in [3.63, 3.8) is 0 Å². The third kappa shape index (κ3) is 3.98. The first kappa shape index (κ1) is 16.6. The van der Waals surface area contributed by atoms with Crippen LogP contribution >= 0.6 is 0 Å². The highest BCUT2D eigenvalue weighted by atomic mass is 32.2. The van der Waals surface area contributed by atoms with E-state index in [2.05, 4.69) is 15.0 Å². The predicted molar refractivity (Wildman–Crippen MR) is 91.1 cm³/mol. The SMILES string of the molecule is O=C1Cc2cc(S(=O)(=O)NCCCCc3cccnc3)ccc2N1. The van der Waals surface area contributed by atoms with Crippen LogP contribution in [0.15, 0.2) is 47.6 Å². The Kier molecular flexibility index (Phi) is 4.92. The quantitative estimate of drug-likeness (QED) is 0.750. The Balaban J connectivity index is 1.51. The maximum Gasteiger partial charge on any atom is 0.240 e. The number of pyridine rings is 1. The van der Waals surface area contributed by atoms with Crippen molar-refractivity contribution in [3.8, 4) is 0 Å². The number of anilines is 1. The third-order valence-corrected chi connectivity index (χ3v) is 5.38. The molecule has 0 radical (unpaired) electrons. The minimum absolute atomic E-state index is 0.108. The molecule has 1 aliphatic rings. The first-order valence-electron chi connectivity index (χ1n) is 7.86. The Bertz CT molecular complexity index is 835. The van der Waals surface area contributed by atoms with Crippen LogP contribution in [0.5, 0.6) is 0 Å². The molecule has 0 aliphatic carbocycles. The second-order valence-corrected chi connectivity index (χ2v) is 7.53. The third-order valence-electron chi connectivity index (χ3n) is 3.92. The molecule has 24 heavy (non-hydrogen) atoms. The molecule has 0 unspecified atom stereocenters. The second kappa shape index (κ2) is 7.11. The molecule has 1 aliphatic heterocycles. The predicted octanol–water partition coefficient (Wildman–Crippen LogP) is 1.88. The summed E-state index contributed by atoms with van der Waals surface area (Å²) in [6.45, 7) is 0.386. The van der Waals surface area contributed by atoms with E-state index >= 15 is 0 Å². The first-order valence-corrected chi connectivity index (χ1v) is 9.34. The molecule has 6 nitrogen and oxygen atoms in total. The minimum Gasteiger partial charge on any atom is -0.326 e. The molecular weight excluding hydrogens is 326 g/mol. The van der Waals surface area contributed by atoms with E-state index in [1.54, 1.807) is 18.3 Å². The number of carbonyl (C=O) groups is 1. The summed E-state index contributed by atoms with van der Waals surface area (Å²) in [6.07, 6.45) is 6.29. The lowest BCUT2D eigenvalue weighted by molar-refractivity contribution is -0.115. The van der Waals surface area contributed by atoms with Gasteiger partial charge in [0.05, 0.1) is 11.3 Å². The molecule has 7 heteroatoms. The summed E-state index contributed by atoms with van der Waals surface area (Å²) in [4.78, 5) is 15.6. The van der Waals surface area contributed by atoms with Crippen molar-refractivity contribution in [2.75, 3.05) is 11.9 Å². The zero-order valence-electron chi connectivity index (χ0n) is 13.2. The molecule has 1 amide bonds. The lowest BCUT2D eigenvalue weighted by Gasteiger charge is -2.08. The summed E-state index contributed by atoms with van der Waals surface area (Å²) < 4.78 is 27.3. The van der Waals surface area contributed by atoms with E-state index in [1.807, 2.05) is 18.3 Å². The Labute approximate surface area is 141 Å². The van der Waals surface area contributed by atoms with E-state index < -0.39 is 10.0 Å². The standard InChI is InChI=1S/C17H19N3O3S/c21-17-11-14-10-15(6-7-16(14)20-17)24(22,23)19-9-2-1-4-13-5-3-8-18-12-13/h3,5-8,10,12,19H,1-2,4,9,11H2,(H,20,21). The topological polar surface area (TPSA) is 88.2 Å². The molecule has 0 bridgehead atoms. The number of benzene rings is 1. The average molecular weight is 345 g/mol. The number of sulfonamides is 1. The summed E-state index contributed by atoms with van der Waals surface area (Å²) in [5.74, 6) is -0.108. The van der Waals surface area contributed by atoms with Crippen LogP contribution < -0.4 is 10.0 Å². The van der Waals surface area contributed by atoms with E-state index in [1.165, 1.54) is 6.07 Å². The molecule has 0 saturated heterocycles. The summed E-state index contributed by atoms with van der Waals surface area (Å²) >= 11 is 0. The molecule has 1 aromatic heterocycles. The monoisotopic (exact) mass is 345 g/mol. The Morgan fingerprint density at radius 3 is 2.88 bits per heavy atom. The maximum absolute atomic E-state index is 12.3. The fourth-order valence-corrected chi connectivity index (χ4v) is 3.79. The van der Waals surface area contributed by atoms with Gasteiger partial charge in [-0.3, -0.25) is 9.78 Å². The van der Waals surface area contributed by atoms with Crippen molar-refractivity contribution < 1.29 is 13.2 Å². The number of hydrogen-bond donors (Lipinski definition) is 2. The van der Waals surface area contributed by atoms with Crippen molar-refractivity contribution in [3.05, 3.63) is 53.9 Å². The number of nitrogens with one attached hydrogen (secondary N) is 2. The minimum atomic E-state index is -3.55. The maximum atomic E-state index is 12.3. The normalized spacial score (nSPS) is 13.6. The largest absolute Gasteiger partial charge is 0.326 e. The number of unbranched alkanes of at least 4 members (excludes halogenated alkanes) is 1. The zero-order chi connectivity index (χ0) is 17.0. The highest BCUT2D eigenvalue weighted by Gasteiger charge is 2.21. The molecule has 2 aromatic rings. The fourth-order valence-electron chi connectivity index (χ4n) is 2.66. The summed E-state index contributed by atoms with van der Waals surface area (Å²) in [7, 11) is -3.55. The summed E-state index contributed by atoms with van der Waals surface area (Å²) in [6, 6.07) is 8.62. The van der Waals surface area contributed by atoms with Gasteiger partial charge in [-0.05, 0) is 54.7 Å². The summed E-state index contributed by atoms with van der Waals surface area (Å²) in [5.41, 5.74) is 2.56. The number of aromatic nitrogens is 1. The molecule has 0 spiro atoms. The summed E-state index contributed by atoms with van der Waals surface area (Å²) in [5, 5.41) is 2.69. The average Bonchev–Trinajstić information content (AvgIpc) is 2.94. The smallest absolute Gasteiger partial charge is 0.240 e. The molecule has 0 atom stereocenters. The van der Waals surface area contributed by atoms with Crippen LogP contribution in [0.4, 0.5) is 5.69 Å². The molecule has 3 rings (SSSR count). The Morgan fingerprint density at radius 1 is 1.21 bits per heavy atom. The molecule has 1 aromatic carbocycles. The lowest BCUT2D eigenvalue weighted by Crippen LogP contribution is -2.25. The van der Waals surface area contributed by atoms with E-state index in [0.29, 0.717) is 12.2 Å². The van der Waals surface area contributed by atoms with Gasteiger partial charge in [0.25, 0.3) is 0 Å². The molecule has 0 saturated carbocycles. The molecule has 2 heterocycles. The Hall–Kier alpha value is -2.25. The van der Waals surface area contributed by atoms with Crippen LogP contribution in [-0.2, 0) is 27.7 Å². The Morgan fingerprint density at radius 2 is 2.08 bits per heavy atom. The van der Waals surface area contributed by atoms with Crippen molar-refractivity contribution in [2.45, 2.75) is 30.6 Å². The van der Waals surface area contributed by atoms with E-state index in [-0.39, 0.29) is 17.2 Å². The van der Waals surface area contributed by atoms with Crippen molar-refractivity contribution in [1.82, 2.24) is 9.71 Å². The van der Waals surface area contributed by atoms with Crippen LogP contribution in [0, 0.1) is 0 Å². The number of fused-ring (bicyclic) bond motifs is 1.